The Morgan fingerprint density at radius 3 is 2.65 bits per heavy atom. The number of hydrogen-bond donors (Lipinski definition) is 0. The number of benzene rings is 2. The highest BCUT2D eigenvalue weighted by Crippen LogP contribution is 2.44. The first-order valence-electron chi connectivity index (χ1n) is 15.9. The SMILES string of the molecule is C=C(F)C(=O)N1CCN(c2nc(OCC3(N4CCCC4)CC3)nc3c2CCN(c2cccc4ccc(F)c(Cl)c24)C3)C[C@@H]1CC#N. The predicted molar refractivity (Wildman–Crippen MR) is 172 cm³/mol. The first kappa shape index (κ1) is 30.6. The summed E-state index contributed by atoms with van der Waals surface area (Å²) in [6, 6.07) is 10.8. The molecule has 240 valence electrons. The van der Waals surface area contributed by atoms with E-state index in [9.17, 15) is 18.8 Å². The van der Waals surface area contributed by atoms with Crippen molar-refractivity contribution in [2.45, 2.75) is 56.7 Å². The largest absolute Gasteiger partial charge is 0.461 e. The van der Waals surface area contributed by atoms with Gasteiger partial charge in [-0.15, -0.1) is 0 Å². The monoisotopic (exact) mass is 647 g/mol. The van der Waals surface area contributed by atoms with E-state index in [0.717, 1.165) is 48.3 Å². The van der Waals surface area contributed by atoms with Crippen molar-refractivity contribution in [2.24, 2.45) is 0 Å². The lowest BCUT2D eigenvalue weighted by Gasteiger charge is -2.42. The first-order chi connectivity index (χ1) is 22.3. The summed E-state index contributed by atoms with van der Waals surface area (Å²) in [5, 5.41) is 11.1. The lowest BCUT2D eigenvalue weighted by Crippen LogP contribution is -2.55. The molecule has 0 bridgehead atoms. The smallest absolute Gasteiger partial charge is 0.318 e. The molecule has 1 aromatic heterocycles. The number of carbonyl (C=O) groups is 1. The number of hydrogen-bond acceptors (Lipinski definition) is 8. The molecule has 9 nitrogen and oxygen atoms in total. The van der Waals surface area contributed by atoms with Crippen LogP contribution in [0.25, 0.3) is 10.8 Å². The average Bonchev–Trinajstić information content (AvgIpc) is 3.65. The minimum Gasteiger partial charge on any atom is -0.461 e. The normalized spacial score (nSPS) is 20.8. The summed E-state index contributed by atoms with van der Waals surface area (Å²) in [5.74, 6) is -1.58. The van der Waals surface area contributed by atoms with Crippen LogP contribution in [0.15, 0.2) is 42.7 Å². The number of anilines is 2. The number of ether oxygens (including phenoxy) is 1. The third-order valence-corrected chi connectivity index (χ3v) is 10.3. The van der Waals surface area contributed by atoms with Gasteiger partial charge in [-0.3, -0.25) is 9.69 Å². The van der Waals surface area contributed by atoms with E-state index in [1.165, 1.54) is 23.8 Å². The molecule has 1 saturated carbocycles. The van der Waals surface area contributed by atoms with Crippen molar-refractivity contribution >= 4 is 39.8 Å². The Kier molecular flexibility index (Phi) is 8.19. The molecule has 0 spiro atoms. The number of likely N-dealkylation sites (tertiary alicyclic amines) is 1. The molecule has 1 amide bonds. The summed E-state index contributed by atoms with van der Waals surface area (Å²) in [4.78, 5) is 30.6. The summed E-state index contributed by atoms with van der Waals surface area (Å²) < 4.78 is 34.8. The van der Waals surface area contributed by atoms with Crippen molar-refractivity contribution in [3.63, 3.8) is 0 Å². The van der Waals surface area contributed by atoms with Gasteiger partial charge in [-0.25, -0.2) is 8.78 Å². The Labute approximate surface area is 272 Å². The number of fused-ring (bicyclic) bond motifs is 2. The number of halogens is 3. The zero-order chi connectivity index (χ0) is 32.0. The van der Waals surface area contributed by atoms with Crippen LogP contribution in [0.4, 0.5) is 20.3 Å². The van der Waals surface area contributed by atoms with E-state index in [1.807, 2.05) is 18.2 Å². The van der Waals surface area contributed by atoms with Gasteiger partial charge in [-0.2, -0.15) is 15.2 Å². The molecule has 7 rings (SSSR count). The molecule has 4 heterocycles. The maximum absolute atomic E-state index is 14.6. The average molecular weight is 648 g/mol. The van der Waals surface area contributed by atoms with E-state index < -0.39 is 23.6 Å². The van der Waals surface area contributed by atoms with Crippen LogP contribution in [0.2, 0.25) is 5.02 Å². The zero-order valence-electron chi connectivity index (χ0n) is 25.7. The Hall–Kier alpha value is -4.01. The molecule has 3 fully saturated rings. The van der Waals surface area contributed by atoms with Crippen molar-refractivity contribution in [2.75, 3.05) is 55.7 Å². The van der Waals surface area contributed by atoms with E-state index >= 15 is 0 Å². The summed E-state index contributed by atoms with van der Waals surface area (Å²) in [6.45, 7) is 7.85. The summed E-state index contributed by atoms with van der Waals surface area (Å²) in [7, 11) is 0. The highest BCUT2D eigenvalue weighted by atomic mass is 35.5. The number of rotatable bonds is 8. The maximum atomic E-state index is 14.6. The second-order valence-electron chi connectivity index (χ2n) is 12.7. The Morgan fingerprint density at radius 1 is 1.11 bits per heavy atom. The maximum Gasteiger partial charge on any atom is 0.318 e. The van der Waals surface area contributed by atoms with Crippen molar-refractivity contribution in [1.29, 1.82) is 5.26 Å². The number of nitriles is 1. The van der Waals surface area contributed by atoms with E-state index in [4.69, 9.17) is 26.3 Å². The van der Waals surface area contributed by atoms with Gasteiger partial charge in [0.05, 0.1) is 41.3 Å². The zero-order valence-corrected chi connectivity index (χ0v) is 26.4. The van der Waals surface area contributed by atoms with Gasteiger partial charge in [0.25, 0.3) is 5.91 Å². The van der Waals surface area contributed by atoms with Gasteiger partial charge in [0.15, 0.2) is 5.83 Å². The van der Waals surface area contributed by atoms with Gasteiger partial charge < -0.3 is 19.4 Å². The van der Waals surface area contributed by atoms with Crippen LogP contribution in [-0.4, -0.2) is 83.1 Å². The quantitative estimate of drug-likeness (QED) is 0.300. The van der Waals surface area contributed by atoms with Crippen molar-refractivity contribution in [1.82, 2.24) is 19.8 Å². The highest BCUT2D eigenvalue weighted by molar-refractivity contribution is 6.36. The van der Waals surface area contributed by atoms with Crippen LogP contribution in [0.1, 0.15) is 43.4 Å². The van der Waals surface area contributed by atoms with Crippen LogP contribution in [0.5, 0.6) is 6.01 Å². The molecule has 3 aromatic rings. The Balaban J connectivity index is 1.22. The van der Waals surface area contributed by atoms with E-state index in [0.29, 0.717) is 50.4 Å². The lowest BCUT2D eigenvalue weighted by molar-refractivity contribution is -0.131. The number of amides is 1. The first-order valence-corrected chi connectivity index (χ1v) is 16.3. The number of nitrogens with zero attached hydrogens (tertiary/aromatic N) is 7. The van der Waals surface area contributed by atoms with Crippen LogP contribution in [0, 0.1) is 17.1 Å². The summed E-state index contributed by atoms with van der Waals surface area (Å²) >= 11 is 6.50. The molecule has 4 aliphatic rings. The topological polar surface area (TPSA) is 88.8 Å². The molecule has 12 heteroatoms. The molecule has 1 aliphatic carbocycles. The van der Waals surface area contributed by atoms with Gasteiger partial charge >= 0.3 is 6.01 Å². The standard InChI is InChI=1S/C34H36ClF2N7O2/c1-22(36)32(45)44-18-17-42(19-24(44)9-13-38)31-25-10-16-41(28-6-4-5-23-7-8-26(37)30(35)29(23)28)20-27(25)39-33(40-31)46-21-34(11-12-34)43-14-2-3-15-43/h4-8,24H,1-3,9-12,14-21H2/t24-/m0/s1. The predicted octanol–water partition coefficient (Wildman–Crippen LogP) is 5.41. The number of carbonyl (C=O) groups excluding carboxylic acids is 1. The third-order valence-electron chi connectivity index (χ3n) is 9.95. The molecule has 0 N–H and O–H groups in total. The van der Waals surface area contributed by atoms with Crippen LogP contribution in [0.3, 0.4) is 0 Å². The van der Waals surface area contributed by atoms with Gasteiger partial charge in [-0.1, -0.05) is 36.4 Å². The van der Waals surface area contributed by atoms with Crippen LogP contribution < -0.4 is 14.5 Å². The number of piperazine rings is 1. The minimum atomic E-state index is -1.04. The fraction of sp³-hybridized carbons (Fsp3) is 0.471. The van der Waals surface area contributed by atoms with Crippen LogP contribution in [-0.2, 0) is 17.8 Å². The molecule has 0 unspecified atom stereocenters. The highest BCUT2D eigenvalue weighted by Gasteiger charge is 2.49. The lowest BCUT2D eigenvalue weighted by atomic mass is 10.0. The van der Waals surface area contributed by atoms with Crippen molar-refractivity contribution in [3.05, 3.63) is 64.8 Å². The molecular weight excluding hydrogens is 612 g/mol. The Bertz CT molecular complexity index is 1740. The molecule has 2 saturated heterocycles. The fourth-order valence-corrected chi connectivity index (χ4v) is 7.58. The molecule has 46 heavy (non-hydrogen) atoms. The van der Waals surface area contributed by atoms with Crippen molar-refractivity contribution in [3.8, 4) is 12.1 Å². The minimum absolute atomic E-state index is 0.0321. The molecular formula is C34H36ClF2N7O2. The molecule has 0 radical (unpaired) electrons. The van der Waals surface area contributed by atoms with Gasteiger partial charge in [0.2, 0.25) is 0 Å². The fourth-order valence-electron chi connectivity index (χ4n) is 7.31. The molecule has 2 aromatic carbocycles. The summed E-state index contributed by atoms with van der Waals surface area (Å²) in [6.07, 6.45) is 5.23. The van der Waals surface area contributed by atoms with E-state index in [2.05, 4.69) is 27.3 Å². The molecule has 1 atom stereocenters. The second kappa shape index (κ2) is 12.3. The Morgan fingerprint density at radius 2 is 1.91 bits per heavy atom. The van der Waals surface area contributed by atoms with Crippen LogP contribution >= 0.6 is 11.6 Å². The van der Waals surface area contributed by atoms with Gasteiger partial charge in [0, 0.05) is 42.8 Å². The van der Waals surface area contributed by atoms with E-state index in [1.54, 1.807) is 6.07 Å². The number of aromatic nitrogens is 2. The molecule has 3 aliphatic heterocycles. The summed E-state index contributed by atoms with van der Waals surface area (Å²) in [5.41, 5.74) is 2.63. The second-order valence-corrected chi connectivity index (χ2v) is 13.1. The van der Waals surface area contributed by atoms with Crippen molar-refractivity contribution < 1.29 is 18.3 Å². The van der Waals surface area contributed by atoms with E-state index in [-0.39, 0.29) is 29.5 Å². The van der Waals surface area contributed by atoms with Gasteiger partial charge in [0.1, 0.15) is 18.2 Å². The third kappa shape index (κ3) is 5.62. The van der Waals surface area contributed by atoms with Gasteiger partial charge in [-0.05, 0) is 62.7 Å².